The highest BCUT2D eigenvalue weighted by Gasteiger charge is 2.14. The van der Waals surface area contributed by atoms with Crippen LogP contribution in [0.2, 0.25) is 0 Å². The second-order valence-corrected chi connectivity index (χ2v) is 7.39. The lowest BCUT2D eigenvalue weighted by molar-refractivity contribution is 0.102. The molecule has 6 nitrogen and oxygen atoms in total. The number of aryl methyl sites for hydroxylation is 1. The molecule has 0 aliphatic heterocycles. The summed E-state index contributed by atoms with van der Waals surface area (Å²) in [7, 11) is 1.64. The van der Waals surface area contributed by atoms with Gasteiger partial charge in [-0.1, -0.05) is 0 Å². The van der Waals surface area contributed by atoms with E-state index >= 15 is 0 Å². The third-order valence-electron chi connectivity index (χ3n) is 4.48. The lowest BCUT2D eigenvalue weighted by atomic mass is 10.1. The summed E-state index contributed by atoms with van der Waals surface area (Å²) in [6, 6.07) is 11.4. The minimum Gasteiger partial charge on any atom is -0.497 e. The van der Waals surface area contributed by atoms with Crippen LogP contribution in [0.4, 0.5) is 10.9 Å². The summed E-state index contributed by atoms with van der Waals surface area (Å²) in [6.07, 6.45) is 1.60. The van der Waals surface area contributed by atoms with Gasteiger partial charge in [0.25, 0.3) is 5.91 Å². The van der Waals surface area contributed by atoms with Gasteiger partial charge in [-0.25, -0.2) is 9.97 Å². The molecule has 1 amide bonds. The van der Waals surface area contributed by atoms with Crippen molar-refractivity contribution in [1.29, 1.82) is 0 Å². The molecule has 146 valence electrons. The molecule has 0 spiro atoms. The Labute approximate surface area is 169 Å². The number of nitrogens with zero attached hydrogens (tertiary/aromatic N) is 3. The number of benzene rings is 1. The number of hydrogen-bond acceptors (Lipinski definition) is 6. The van der Waals surface area contributed by atoms with Gasteiger partial charge in [-0.2, -0.15) is 0 Å². The number of ether oxygens (including phenoxy) is 1. The lowest BCUT2D eigenvalue weighted by Crippen LogP contribution is -2.23. The van der Waals surface area contributed by atoms with Crippen LogP contribution in [0.25, 0.3) is 11.3 Å². The van der Waals surface area contributed by atoms with Gasteiger partial charge in [0.05, 0.1) is 18.4 Å². The fraction of sp³-hybridized carbons (Fsp3) is 0.286. The van der Waals surface area contributed by atoms with Gasteiger partial charge in [0.1, 0.15) is 11.6 Å². The van der Waals surface area contributed by atoms with Crippen molar-refractivity contribution in [3.05, 3.63) is 53.0 Å². The van der Waals surface area contributed by atoms with E-state index in [2.05, 4.69) is 34.0 Å². The fourth-order valence-corrected chi connectivity index (χ4v) is 3.72. The zero-order chi connectivity index (χ0) is 20.1. The van der Waals surface area contributed by atoms with Gasteiger partial charge in [-0.15, -0.1) is 11.3 Å². The average Bonchev–Trinajstić information content (AvgIpc) is 3.09. The van der Waals surface area contributed by atoms with Crippen LogP contribution in [0.3, 0.4) is 0 Å². The summed E-state index contributed by atoms with van der Waals surface area (Å²) >= 11 is 1.45. The largest absolute Gasteiger partial charge is 0.497 e. The number of hydrogen-bond donors (Lipinski definition) is 1. The highest BCUT2D eigenvalue weighted by Crippen LogP contribution is 2.31. The Morgan fingerprint density at radius 2 is 1.86 bits per heavy atom. The zero-order valence-electron chi connectivity index (χ0n) is 16.5. The van der Waals surface area contributed by atoms with Crippen molar-refractivity contribution < 1.29 is 9.53 Å². The number of amides is 1. The van der Waals surface area contributed by atoms with Crippen molar-refractivity contribution >= 4 is 28.2 Å². The second-order valence-electron chi connectivity index (χ2n) is 6.18. The first kappa shape index (κ1) is 19.8. The van der Waals surface area contributed by atoms with Crippen molar-refractivity contribution in [2.45, 2.75) is 20.8 Å². The van der Waals surface area contributed by atoms with E-state index in [0.717, 1.165) is 40.8 Å². The van der Waals surface area contributed by atoms with Crippen molar-refractivity contribution in [3.8, 4) is 17.0 Å². The van der Waals surface area contributed by atoms with Crippen LogP contribution in [0.5, 0.6) is 5.75 Å². The van der Waals surface area contributed by atoms with Gasteiger partial charge in [0.15, 0.2) is 5.13 Å². The van der Waals surface area contributed by atoms with E-state index in [1.54, 1.807) is 19.4 Å². The number of pyridine rings is 1. The monoisotopic (exact) mass is 396 g/mol. The van der Waals surface area contributed by atoms with Crippen LogP contribution in [0.15, 0.2) is 42.6 Å². The Kier molecular flexibility index (Phi) is 6.26. The minimum atomic E-state index is -0.214. The molecule has 2 heterocycles. The van der Waals surface area contributed by atoms with Gasteiger partial charge in [-0.3, -0.25) is 10.1 Å². The molecule has 7 heteroatoms. The van der Waals surface area contributed by atoms with Crippen LogP contribution in [-0.2, 0) is 0 Å². The SMILES string of the molecule is CCN(CC)c1ccc(C(=O)Nc2nc(-c3ccc(OC)cc3)c(C)s2)cn1. The molecule has 0 aliphatic carbocycles. The van der Waals surface area contributed by atoms with E-state index in [9.17, 15) is 4.79 Å². The summed E-state index contributed by atoms with van der Waals surface area (Å²) in [5.74, 6) is 1.45. The van der Waals surface area contributed by atoms with Gasteiger partial charge in [-0.05, 0) is 57.2 Å². The Morgan fingerprint density at radius 1 is 1.14 bits per heavy atom. The third kappa shape index (κ3) is 4.31. The molecule has 3 aromatic rings. The van der Waals surface area contributed by atoms with E-state index in [4.69, 9.17) is 4.74 Å². The highest BCUT2D eigenvalue weighted by molar-refractivity contribution is 7.16. The van der Waals surface area contributed by atoms with Crippen LogP contribution in [0, 0.1) is 6.92 Å². The molecule has 1 N–H and O–H groups in total. The van der Waals surface area contributed by atoms with Crippen molar-refractivity contribution in [2.75, 3.05) is 30.4 Å². The van der Waals surface area contributed by atoms with E-state index in [-0.39, 0.29) is 5.91 Å². The Bertz CT molecular complexity index is 932. The van der Waals surface area contributed by atoms with E-state index in [1.165, 1.54) is 11.3 Å². The maximum absolute atomic E-state index is 12.6. The topological polar surface area (TPSA) is 67.4 Å². The van der Waals surface area contributed by atoms with Crippen LogP contribution in [-0.4, -0.2) is 36.1 Å². The molecule has 2 aromatic heterocycles. The molecule has 0 saturated heterocycles. The first-order chi connectivity index (χ1) is 13.5. The number of aromatic nitrogens is 2. The van der Waals surface area contributed by atoms with Crippen LogP contribution in [0.1, 0.15) is 29.1 Å². The molecule has 1 aromatic carbocycles. The molecule has 0 radical (unpaired) electrons. The van der Waals surface area contributed by atoms with Gasteiger partial charge in [0.2, 0.25) is 0 Å². The predicted octanol–water partition coefficient (Wildman–Crippen LogP) is 4.62. The molecule has 0 bridgehead atoms. The molecular formula is C21H24N4O2S. The van der Waals surface area contributed by atoms with E-state index in [1.807, 2.05) is 37.3 Å². The molecule has 0 unspecified atom stereocenters. The lowest BCUT2D eigenvalue weighted by Gasteiger charge is -2.19. The third-order valence-corrected chi connectivity index (χ3v) is 5.36. The molecular weight excluding hydrogens is 372 g/mol. The van der Waals surface area contributed by atoms with Gasteiger partial charge < -0.3 is 9.64 Å². The smallest absolute Gasteiger partial charge is 0.259 e. The number of methoxy groups -OCH3 is 1. The van der Waals surface area contributed by atoms with Gasteiger partial charge in [0, 0.05) is 29.7 Å². The summed E-state index contributed by atoms with van der Waals surface area (Å²) < 4.78 is 5.20. The first-order valence-electron chi connectivity index (χ1n) is 9.19. The van der Waals surface area contributed by atoms with Crippen molar-refractivity contribution in [1.82, 2.24) is 9.97 Å². The predicted molar refractivity (Wildman–Crippen MR) is 115 cm³/mol. The van der Waals surface area contributed by atoms with Crippen molar-refractivity contribution in [2.24, 2.45) is 0 Å². The quantitative estimate of drug-likeness (QED) is 0.631. The summed E-state index contributed by atoms with van der Waals surface area (Å²) in [5, 5.41) is 3.45. The maximum Gasteiger partial charge on any atom is 0.259 e. The number of anilines is 2. The minimum absolute atomic E-state index is 0.214. The normalized spacial score (nSPS) is 10.6. The molecule has 28 heavy (non-hydrogen) atoms. The summed E-state index contributed by atoms with van der Waals surface area (Å²) in [4.78, 5) is 24.7. The highest BCUT2D eigenvalue weighted by atomic mass is 32.1. The standard InChI is InChI=1S/C21H24N4O2S/c1-5-25(6-2)18-12-9-16(13-22-18)20(26)24-21-23-19(14(3)28-21)15-7-10-17(27-4)11-8-15/h7-13H,5-6H2,1-4H3,(H,23,24,26). The number of nitrogens with one attached hydrogen (secondary N) is 1. The Morgan fingerprint density at radius 3 is 2.43 bits per heavy atom. The molecule has 0 fully saturated rings. The summed E-state index contributed by atoms with van der Waals surface area (Å²) in [6.45, 7) is 7.91. The molecule has 0 aliphatic rings. The first-order valence-corrected chi connectivity index (χ1v) is 10.0. The average molecular weight is 397 g/mol. The van der Waals surface area contributed by atoms with E-state index < -0.39 is 0 Å². The number of rotatable bonds is 7. The number of thiazole rings is 1. The molecule has 3 rings (SSSR count). The zero-order valence-corrected chi connectivity index (χ0v) is 17.3. The van der Waals surface area contributed by atoms with Gasteiger partial charge >= 0.3 is 0 Å². The molecule has 0 atom stereocenters. The van der Waals surface area contributed by atoms with Crippen molar-refractivity contribution in [3.63, 3.8) is 0 Å². The van der Waals surface area contributed by atoms with Crippen LogP contribution >= 0.6 is 11.3 Å². The Hall–Kier alpha value is -2.93. The Balaban J connectivity index is 1.74. The number of carbonyl (C=O) groups excluding carboxylic acids is 1. The maximum atomic E-state index is 12.6. The molecule has 0 saturated carbocycles. The number of carbonyl (C=O) groups is 1. The second kappa shape index (κ2) is 8.84. The van der Waals surface area contributed by atoms with E-state index in [0.29, 0.717) is 10.7 Å². The summed E-state index contributed by atoms with van der Waals surface area (Å²) in [5.41, 5.74) is 2.35. The van der Waals surface area contributed by atoms with Crippen LogP contribution < -0.4 is 15.0 Å². The fourth-order valence-electron chi connectivity index (χ4n) is 2.89.